The van der Waals surface area contributed by atoms with E-state index in [9.17, 15) is 4.79 Å². The van der Waals surface area contributed by atoms with E-state index in [1.807, 2.05) is 13.0 Å². The molecule has 0 aliphatic heterocycles. The van der Waals surface area contributed by atoms with Crippen LogP contribution in [-0.2, 0) is 0 Å². The molecule has 2 aromatic rings. The topological polar surface area (TPSA) is 44.9 Å². The van der Waals surface area contributed by atoms with Gasteiger partial charge in [0, 0.05) is 28.2 Å². The number of aromatic nitrogens is 1. The number of carbonyl (C=O) groups is 1. The number of Topliss-reactive ketones (excluding diaryl/α,β-unsaturated/α-hetero) is 1. The van der Waals surface area contributed by atoms with Crippen LogP contribution in [0.1, 0.15) is 34.5 Å². The molecule has 0 bridgehead atoms. The first-order chi connectivity index (χ1) is 8.65. The first kappa shape index (κ1) is 11.5. The summed E-state index contributed by atoms with van der Waals surface area (Å²) in [7, 11) is 0. The maximum atomic E-state index is 12.3. The molecule has 0 atom stereocenters. The van der Waals surface area contributed by atoms with Crippen molar-refractivity contribution in [1.82, 2.24) is 10.3 Å². The Balaban J connectivity index is 1.93. The number of H-pyrrole nitrogens is 1. The number of carbonyl (C=O) groups excluding carboxylic acids is 1. The van der Waals surface area contributed by atoms with E-state index in [1.54, 1.807) is 0 Å². The zero-order chi connectivity index (χ0) is 12.7. The number of hydrogen-bond donors (Lipinski definition) is 2. The molecular formula is C15H18N2O. The van der Waals surface area contributed by atoms with Crippen molar-refractivity contribution >= 4 is 16.7 Å². The largest absolute Gasteiger partial charge is 0.358 e. The number of hydrogen-bond acceptors (Lipinski definition) is 2. The van der Waals surface area contributed by atoms with Crippen LogP contribution in [-0.4, -0.2) is 23.4 Å². The van der Waals surface area contributed by atoms with Crippen LogP contribution in [0.2, 0.25) is 0 Å². The molecule has 1 aliphatic carbocycles. The minimum absolute atomic E-state index is 0.189. The van der Waals surface area contributed by atoms with Crippen molar-refractivity contribution in [1.29, 1.82) is 0 Å². The number of aromatic amines is 1. The molecule has 1 heterocycles. The Hall–Kier alpha value is -1.61. The number of rotatable bonds is 4. The van der Waals surface area contributed by atoms with Crippen molar-refractivity contribution in [2.24, 2.45) is 0 Å². The zero-order valence-electron chi connectivity index (χ0n) is 10.8. The van der Waals surface area contributed by atoms with Gasteiger partial charge in [-0.2, -0.15) is 0 Å². The molecule has 1 fully saturated rings. The van der Waals surface area contributed by atoms with E-state index in [-0.39, 0.29) is 5.78 Å². The molecule has 18 heavy (non-hydrogen) atoms. The van der Waals surface area contributed by atoms with E-state index < -0.39 is 0 Å². The summed E-state index contributed by atoms with van der Waals surface area (Å²) in [6.45, 7) is 4.48. The van der Waals surface area contributed by atoms with Gasteiger partial charge in [-0.3, -0.25) is 4.79 Å². The summed E-state index contributed by atoms with van der Waals surface area (Å²) in [5.74, 6) is 0.189. The standard InChI is InChI=1S/C15H18N2O/c1-9-3-6-12-13(7-9)17-10(2)15(12)14(18)8-16-11-4-5-11/h3,6-7,11,16-17H,4-5,8H2,1-2H3. The van der Waals surface area contributed by atoms with Gasteiger partial charge in [0.15, 0.2) is 5.78 Å². The molecule has 0 spiro atoms. The summed E-state index contributed by atoms with van der Waals surface area (Å²) in [6, 6.07) is 6.76. The quantitative estimate of drug-likeness (QED) is 0.810. The van der Waals surface area contributed by atoms with Gasteiger partial charge in [0.1, 0.15) is 0 Å². The third-order valence-electron chi connectivity index (χ3n) is 3.55. The van der Waals surface area contributed by atoms with Crippen molar-refractivity contribution < 1.29 is 4.79 Å². The maximum absolute atomic E-state index is 12.3. The predicted octanol–water partition coefficient (Wildman–Crippen LogP) is 2.72. The van der Waals surface area contributed by atoms with Crippen LogP contribution < -0.4 is 5.32 Å². The monoisotopic (exact) mass is 242 g/mol. The highest BCUT2D eigenvalue weighted by molar-refractivity contribution is 6.10. The van der Waals surface area contributed by atoms with E-state index >= 15 is 0 Å². The summed E-state index contributed by atoms with van der Waals surface area (Å²) in [5, 5.41) is 4.33. The summed E-state index contributed by atoms with van der Waals surface area (Å²) >= 11 is 0. The zero-order valence-corrected chi connectivity index (χ0v) is 10.8. The molecule has 0 unspecified atom stereocenters. The highest BCUT2D eigenvalue weighted by Gasteiger charge is 2.23. The molecule has 94 valence electrons. The van der Waals surface area contributed by atoms with Crippen LogP contribution >= 0.6 is 0 Å². The second kappa shape index (κ2) is 4.25. The van der Waals surface area contributed by atoms with Crippen LogP contribution in [0.3, 0.4) is 0 Å². The van der Waals surface area contributed by atoms with Gasteiger partial charge in [-0.15, -0.1) is 0 Å². The highest BCUT2D eigenvalue weighted by Crippen LogP contribution is 2.24. The summed E-state index contributed by atoms with van der Waals surface area (Å²) < 4.78 is 0. The number of aryl methyl sites for hydroxylation is 2. The Labute approximate surface area is 107 Å². The molecule has 0 amide bonds. The van der Waals surface area contributed by atoms with Gasteiger partial charge in [0.25, 0.3) is 0 Å². The van der Waals surface area contributed by atoms with Crippen LogP contribution in [0.5, 0.6) is 0 Å². The fraction of sp³-hybridized carbons (Fsp3) is 0.400. The average molecular weight is 242 g/mol. The van der Waals surface area contributed by atoms with Gasteiger partial charge in [-0.05, 0) is 38.3 Å². The van der Waals surface area contributed by atoms with Crippen LogP contribution in [0, 0.1) is 13.8 Å². The molecule has 1 saturated carbocycles. The van der Waals surface area contributed by atoms with Gasteiger partial charge in [0.2, 0.25) is 0 Å². The van der Waals surface area contributed by atoms with E-state index in [1.165, 1.54) is 18.4 Å². The Kier molecular flexibility index (Phi) is 2.71. The van der Waals surface area contributed by atoms with Crippen LogP contribution in [0.25, 0.3) is 10.9 Å². The lowest BCUT2D eigenvalue weighted by Crippen LogP contribution is -2.25. The normalized spacial score (nSPS) is 15.2. The second-order valence-electron chi connectivity index (χ2n) is 5.25. The van der Waals surface area contributed by atoms with E-state index in [0.29, 0.717) is 12.6 Å². The number of fused-ring (bicyclic) bond motifs is 1. The number of nitrogens with one attached hydrogen (secondary N) is 2. The third-order valence-corrected chi connectivity index (χ3v) is 3.55. The molecule has 1 aromatic heterocycles. The Morgan fingerprint density at radius 3 is 2.89 bits per heavy atom. The van der Waals surface area contributed by atoms with Crippen molar-refractivity contribution in [2.75, 3.05) is 6.54 Å². The van der Waals surface area contributed by atoms with E-state index in [2.05, 4.69) is 29.4 Å². The smallest absolute Gasteiger partial charge is 0.179 e. The average Bonchev–Trinajstić information content (AvgIpc) is 3.08. The number of benzene rings is 1. The van der Waals surface area contributed by atoms with Crippen molar-refractivity contribution in [2.45, 2.75) is 32.7 Å². The fourth-order valence-corrected chi connectivity index (χ4v) is 2.42. The Morgan fingerprint density at radius 1 is 1.39 bits per heavy atom. The first-order valence-corrected chi connectivity index (χ1v) is 6.50. The molecule has 3 nitrogen and oxygen atoms in total. The highest BCUT2D eigenvalue weighted by atomic mass is 16.1. The lowest BCUT2D eigenvalue weighted by Gasteiger charge is -2.02. The molecule has 2 N–H and O–H groups in total. The molecule has 0 radical (unpaired) electrons. The minimum Gasteiger partial charge on any atom is -0.358 e. The van der Waals surface area contributed by atoms with Gasteiger partial charge in [0.05, 0.1) is 6.54 Å². The van der Waals surface area contributed by atoms with Gasteiger partial charge in [-0.25, -0.2) is 0 Å². The van der Waals surface area contributed by atoms with Crippen LogP contribution in [0.15, 0.2) is 18.2 Å². The third kappa shape index (κ3) is 2.06. The van der Waals surface area contributed by atoms with E-state index in [0.717, 1.165) is 22.2 Å². The number of ketones is 1. The van der Waals surface area contributed by atoms with E-state index in [4.69, 9.17) is 0 Å². The minimum atomic E-state index is 0.189. The lowest BCUT2D eigenvalue weighted by molar-refractivity contribution is 0.0991. The molecule has 3 rings (SSSR count). The molecule has 1 aromatic carbocycles. The Bertz CT molecular complexity index is 608. The van der Waals surface area contributed by atoms with Gasteiger partial charge in [-0.1, -0.05) is 12.1 Å². The molecule has 0 saturated heterocycles. The Morgan fingerprint density at radius 2 is 2.17 bits per heavy atom. The summed E-state index contributed by atoms with van der Waals surface area (Å²) in [5.41, 5.74) is 4.08. The fourth-order valence-electron chi connectivity index (χ4n) is 2.42. The lowest BCUT2D eigenvalue weighted by atomic mass is 10.1. The molecular weight excluding hydrogens is 224 g/mol. The van der Waals surface area contributed by atoms with Crippen molar-refractivity contribution in [3.05, 3.63) is 35.0 Å². The summed E-state index contributed by atoms with van der Waals surface area (Å²) in [6.07, 6.45) is 2.42. The molecule has 1 aliphatic rings. The maximum Gasteiger partial charge on any atom is 0.179 e. The van der Waals surface area contributed by atoms with Crippen molar-refractivity contribution in [3.8, 4) is 0 Å². The first-order valence-electron chi connectivity index (χ1n) is 6.50. The summed E-state index contributed by atoms with van der Waals surface area (Å²) in [4.78, 5) is 15.6. The second-order valence-corrected chi connectivity index (χ2v) is 5.25. The molecule has 3 heteroatoms. The van der Waals surface area contributed by atoms with Gasteiger partial charge >= 0.3 is 0 Å². The van der Waals surface area contributed by atoms with Gasteiger partial charge < -0.3 is 10.3 Å². The SMILES string of the molecule is Cc1ccc2c(C(=O)CNC3CC3)c(C)[nH]c2c1. The van der Waals surface area contributed by atoms with Crippen LogP contribution in [0.4, 0.5) is 0 Å². The van der Waals surface area contributed by atoms with Crippen molar-refractivity contribution in [3.63, 3.8) is 0 Å². The predicted molar refractivity (Wildman–Crippen MR) is 73.1 cm³/mol.